The van der Waals surface area contributed by atoms with Crippen molar-refractivity contribution >= 4 is 22.9 Å². The third-order valence-electron chi connectivity index (χ3n) is 3.95. The molecule has 0 aliphatic heterocycles. The normalized spacial score (nSPS) is 10.6. The highest BCUT2D eigenvalue weighted by Gasteiger charge is 2.16. The van der Waals surface area contributed by atoms with Crippen LogP contribution in [0.1, 0.15) is 25.3 Å². The van der Waals surface area contributed by atoms with E-state index < -0.39 is 0 Å². The molecule has 1 N–H and O–H groups in total. The molecule has 122 valence electrons. The minimum atomic E-state index is 0.0538. The predicted molar refractivity (Wildman–Crippen MR) is 101 cm³/mol. The summed E-state index contributed by atoms with van der Waals surface area (Å²) in [4.78, 5) is 16.5. The zero-order valence-corrected chi connectivity index (χ0v) is 14.7. The second-order valence-electron chi connectivity index (χ2n) is 5.66. The van der Waals surface area contributed by atoms with E-state index in [1.165, 1.54) is 0 Å². The van der Waals surface area contributed by atoms with E-state index in [1.54, 1.807) is 11.3 Å². The highest BCUT2D eigenvalue weighted by atomic mass is 32.1. The molecule has 1 amide bonds. The Kier molecular flexibility index (Phi) is 5.06. The van der Waals surface area contributed by atoms with Crippen LogP contribution in [0.4, 0.5) is 5.69 Å². The number of carbonyl (C=O) groups is 1. The number of nitrogens with one attached hydrogen (secondary N) is 1. The first-order chi connectivity index (χ1) is 11.7. The monoisotopic (exact) mass is 336 g/mol. The van der Waals surface area contributed by atoms with E-state index in [4.69, 9.17) is 0 Å². The van der Waals surface area contributed by atoms with Crippen molar-refractivity contribution in [3.63, 3.8) is 0 Å². The molecule has 3 nitrogen and oxygen atoms in total. The van der Waals surface area contributed by atoms with Gasteiger partial charge in [-0.3, -0.25) is 4.79 Å². The van der Waals surface area contributed by atoms with E-state index in [-0.39, 0.29) is 5.91 Å². The molecule has 0 saturated heterocycles. The van der Waals surface area contributed by atoms with Crippen LogP contribution in [-0.2, 0) is 4.79 Å². The van der Waals surface area contributed by atoms with Crippen molar-refractivity contribution in [2.24, 2.45) is 0 Å². The van der Waals surface area contributed by atoms with Crippen LogP contribution in [0.25, 0.3) is 21.7 Å². The van der Waals surface area contributed by atoms with Gasteiger partial charge in [-0.1, -0.05) is 43.3 Å². The maximum atomic E-state index is 12.0. The lowest BCUT2D eigenvalue weighted by molar-refractivity contribution is -0.116. The molecule has 0 radical (unpaired) electrons. The quantitative estimate of drug-likeness (QED) is 0.666. The average molecular weight is 336 g/mol. The molecule has 0 fully saturated rings. The van der Waals surface area contributed by atoms with Gasteiger partial charge in [0.25, 0.3) is 0 Å². The first-order valence-corrected chi connectivity index (χ1v) is 8.97. The summed E-state index contributed by atoms with van der Waals surface area (Å²) < 4.78 is 0. The maximum absolute atomic E-state index is 12.0. The van der Waals surface area contributed by atoms with Gasteiger partial charge in [0, 0.05) is 29.2 Å². The third-order valence-corrected chi connectivity index (χ3v) is 4.74. The van der Waals surface area contributed by atoms with Gasteiger partial charge in [-0.15, -0.1) is 11.3 Å². The van der Waals surface area contributed by atoms with Crippen molar-refractivity contribution in [3.8, 4) is 21.7 Å². The summed E-state index contributed by atoms with van der Waals surface area (Å²) in [5.41, 5.74) is 5.29. The number of benzene rings is 2. The lowest BCUT2D eigenvalue weighted by atomic mass is 9.95. The summed E-state index contributed by atoms with van der Waals surface area (Å²) in [6.07, 6.45) is 3.19. The van der Waals surface area contributed by atoms with Crippen molar-refractivity contribution in [3.05, 3.63) is 59.6 Å². The van der Waals surface area contributed by atoms with Crippen LogP contribution in [-0.4, -0.2) is 10.9 Å². The molecule has 1 aromatic heterocycles. The fourth-order valence-electron chi connectivity index (χ4n) is 2.77. The summed E-state index contributed by atoms with van der Waals surface area (Å²) in [7, 11) is 0. The van der Waals surface area contributed by atoms with Crippen molar-refractivity contribution < 1.29 is 4.79 Å². The molecule has 0 aliphatic carbocycles. The van der Waals surface area contributed by atoms with Crippen molar-refractivity contribution in [2.45, 2.75) is 26.7 Å². The fourth-order valence-corrected chi connectivity index (χ4v) is 3.52. The first-order valence-electron chi connectivity index (χ1n) is 8.09. The van der Waals surface area contributed by atoms with Gasteiger partial charge in [0.2, 0.25) is 5.91 Å². The summed E-state index contributed by atoms with van der Waals surface area (Å²) in [5.74, 6) is 0.0538. The van der Waals surface area contributed by atoms with Crippen LogP contribution >= 0.6 is 11.3 Å². The van der Waals surface area contributed by atoms with Crippen molar-refractivity contribution in [2.75, 3.05) is 5.32 Å². The predicted octanol–water partition coefficient (Wildman–Crippen LogP) is 5.52. The molecule has 0 saturated carbocycles. The number of thiazole rings is 1. The third kappa shape index (κ3) is 3.39. The number of rotatable bonds is 5. The molecule has 0 aliphatic rings. The highest BCUT2D eigenvalue weighted by Crippen LogP contribution is 2.38. The molecule has 0 atom stereocenters. The topological polar surface area (TPSA) is 42.0 Å². The number of amides is 1. The molecule has 2 aromatic carbocycles. The molecule has 0 spiro atoms. The molecule has 0 unspecified atom stereocenters. The number of hydrogen-bond donors (Lipinski definition) is 1. The number of carbonyl (C=O) groups excluding carboxylic acids is 1. The Hall–Kier alpha value is -2.46. The minimum Gasteiger partial charge on any atom is -0.326 e. The van der Waals surface area contributed by atoms with E-state index in [9.17, 15) is 4.79 Å². The largest absolute Gasteiger partial charge is 0.326 e. The van der Waals surface area contributed by atoms with Gasteiger partial charge in [-0.25, -0.2) is 4.98 Å². The smallest absolute Gasteiger partial charge is 0.224 e. The van der Waals surface area contributed by atoms with E-state index in [2.05, 4.69) is 28.5 Å². The Labute approximate surface area is 146 Å². The Balaban J connectivity index is 2.11. The summed E-state index contributed by atoms with van der Waals surface area (Å²) in [6, 6.07) is 14.3. The van der Waals surface area contributed by atoms with Gasteiger partial charge in [0.05, 0.1) is 0 Å². The van der Waals surface area contributed by atoms with Crippen LogP contribution in [0.2, 0.25) is 0 Å². The van der Waals surface area contributed by atoms with Gasteiger partial charge >= 0.3 is 0 Å². The van der Waals surface area contributed by atoms with E-state index in [0.717, 1.165) is 39.4 Å². The van der Waals surface area contributed by atoms with Gasteiger partial charge in [0.15, 0.2) is 0 Å². The van der Waals surface area contributed by atoms with Crippen LogP contribution in [0.15, 0.2) is 54.0 Å². The minimum absolute atomic E-state index is 0.0538. The Morgan fingerprint density at radius 2 is 1.96 bits per heavy atom. The van der Waals surface area contributed by atoms with Crippen molar-refractivity contribution in [1.29, 1.82) is 0 Å². The molecule has 4 heteroatoms. The summed E-state index contributed by atoms with van der Waals surface area (Å²) in [6.45, 7) is 4.05. The van der Waals surface area contributed by atoms with Gasteiger partial charge in [-0.2, -0.15) is 0 Å². The van der Waals surface area contributed by atoms with Gasteiger partial charge in [-0.05, 0) is 36.1 Å². The van der Waals surface area contributed by atoms with E-state index in [0.29, 0.717) is 6.42 Å². The first kappa shape index (κ1) is 16.4. The standard InChI is InChI=1S/C20H20N2OS/c1-3-7-18(23)22-17-11-10-16(15-8-5-4-6-9-15)19(14(17)2)20-21-12-13-24-20/h4-6,8-13H,3,7H2,1-2H3,(H,22,23). The molecule has 0 bridgehead atoms. The highest BCUT2D eigenvalue weighted by molar-refractivity contribution is 7.13. The van der Waals surface area contributed by atoms with Gasteiger partial charge < -0.3 is 5.32 Å². The molecular weight excluding hydrogens is 316 g/mol. The Morgan fingerprint density at radius 1 is 1.17 bits per heavy atom. The number of nitrogens with zero attached hydrogens (tertiary/aromatic N) is 1. The lowest BCUT2D eigenvalue weighted by Gasteiger charge is -2.16. The maximum Gasteiger partial charge on any atom is 0.224 e. The zero-order valence-electron chi connectivity index (χ0n) is 13.9. The van der Waals surface area contributed by atoms with E-state index in [1.807, 2.05) is 49.7 Å². The lowest BCUT2D eigenvalue weighted by Crippen LogP contribution is -2.12. The number of hydrogen-bond acceptors (Lipinski definition) is 3. The molecule has 24 heavy (non-hydrogen) atoms. The fraction of sp³-hybridized carbons (Fsp3) is 0.200. The van der Waals surface area contributed by atoms with Crippen molar-refractivity contribution in [1.82, 2.24) is 4.98 Å². The van der Waals surface area contributed by atoms with Crippen LogP contribution in [0.5, 0.6) is 0 Å². The molecule has 1 heterocycles. The van der Waals surface area contributed by atoms with E-state index >= 15 is 0 Å². The van der Waals surface area contributed by atoms with Crippen LogP contribution < -0.4 is 5.32 Å². The number of anilines is 1. The summed E-state index contributed by atoms with van der Waals surface area (Å²) >= 11 is 1.61. The van der Waals surface area contributed by atoms with Crippen LogP contribution in [0, 0.1) is 6.92 Å². The second-order valence-corrected chi connectivity index (χ2v) is 6.56. The Morgan fingerprint density at radius 3 is 2.62 bits per heavy atom. The number of aromatic nitrogens is 1. The molecular formula is C20H20N2OS. The summed E-state index contributed by atoms with van der Waals surface area (Å²) in [5, 5.41) is 5.98. The van der Waals surface area contributed by atoms with Gasteiger partial charge in [0.1, 0.15) is 5.01 Å². The zero-order chi connectivity index (χ0) is 16.9. The Bertz CT molecular complexity index is 826. The molecule has 3 rings (SSSR count). The molecule has 3 aromatic rings. The second kappa shape index (κ2) is 7.41. The van der Waals surface area contributed by atoms with Crippen LogP contribution in [0.3, 0.4) is 0 Å². The SMILES string of the molecule is CCCC(=O)Nc1ccc(-c2ccccc2)c(-c2nccs2)c1C. The average Bonchev–Trinajstić information content (AvgIpc) is 3.11.